The van der Waals surface area contributed by atoms with E-state index in [1.807, 2.05) is 32.0 Å². The van der Waals surface area contributed by atoms with Crippen molar-refractivity contribution >= 4 is 15.9 Å². The Morgan fingerprint density at radius 3 is 2.74 bits per heavy atom. The van der Waals surface area contributed by atoms with Gasteiger partial charge in [-0.1, -0.05) is 35.0 Å². The average Bonchev–Trinajstić information content (AvgIpc) is 2.42. The summed E-state index contributed by atoms with van der Waals surface area (Å²) in [6.45, 7) is 3.93. The molecule has 0 aliphatic heterocycles. The van der Waals surface area contributed by atoms with E-state index in [-0.39, 0.29) is 11.6 Å². The van der Waals surface area contributed by atoms with Crippen LogP contribution in [-0.2, 0) is 11.8 Å². The van der Waals surface area contributed by atoms with Gasteiger partial charge in [-0.2, -0.15) is 0 Å². The van der Waals surface area contributed by atoms with Gasteiger partial charge in [-0.3, -0.25) is 4.98 Å². The van der Waals surface area contributed by atoms with E-state index in [2.05, 4.69) is 20.9 Å². The Labute approximate surface area is 120 Å². The van der Waals surface area contributed by atoms with Crippen molar-refractivity contribution < 1.29 is 9.13 Å². The molecular weight excluding hydrogens is 309 g/mol. The number of nitrogens with zero attached hydrogens (tertiary/aromatic N) is 1. The van der Waals surface area contributed by atoms with Gasteiger partial charge < -0.3 is 4.74 Å². The van der Waals surface area contributed by atoms with Crippen LogP contribution in [0.1, 0.15) is 23.9 Å². The van der Waals surface area contributed by atoms with E-state index < -0.39 is 0 Å². The van der Waals surface area contributed by atoms with E-state index in [1.54, 1.807) is 6.07 Å². The van der Waals surface area contributed by atoms with E-state index >= 15 is 0 Å². The highest BCUT2D eigenvalue weighted by Crippen LogP contribution is 2.31. The summed E-state index contributed by atoms with van der Waals surface area (Å²) in [5.41, 5.74) is 2.55. The quantitative estimate of drug-likeness (QED) is 0.755. The monoisotopic (exact) mass is 323 g/mol. The number of hydrogen-bond donors (Lipinski definition) is 0. The molecule has 0 aliphatic carbocycles. The first-order valence-electron chi connectivity index (χ1n) is 6.13. The van der Waals surface area contributed by atoms with E-state index in [4.69, 9.17) is 4.74 Å². The molecule has 1 heterocycles. The SMILES string of the molecule is CCc1nc(C)ccc1Oc1c(F)cccc1CBr. The van der Waals surface area contributed by atoms with Gasteiger partial charge in [0.15, 0.2) is 11.6 Å². The summed E-state index contributed by atoms with van der Waals surface area (Å²) in [5.74, 6) is 0.514. The molecule has 2 nitrogen and oxygen atoms in total. The number of benzene rings is 1. The zero-order valence-electron chi connectivity index (χ0n) is 10.9. The second-order valence-corrected chi connectivity index (χ2v) is 4.78. The summed E-state index contributed by atoms with van der Waals surface area (Å²) in [6, 6.07) is 8.61. The third kappa shape index (κ3) is 3.13. The molecule has 2 rings (SSSR count). The summed E-state index contributed by atoms with van der Waals surface area (Å²) >= 11 is 3.34. The van der Waals surface area contributed by atoms with Crippen molar-refractivity contribution in [1.82, 2.24) is 4.98 Å². The van der Waals surface area contributed by atoms with Crippen molar-refractivity contribution in [2.45, 2.75) is 25.6 Å². The number of ether oxygens (including phenoxy) is 1. The first kappa shape index (κ1) is 14.0. The van der Waals surface area contributed by atoms with Gasteiger partial charge in [0, 0.05) is 16.6 Å². The van der Waals surface area contributed by atoms with Gasteiger partial charge in [-0.15, -0.1) is 0 Å². The number of hydrogen-bond acceptors (Lipinski definition) is 2. The van der Waals surface area contributed by atoms with Crippen molar-refractivity contribution in [3.05, 3.63) is 53.1 Å². The second-order valence-electron chi connectivity index (χ2n) is 4.21. The minimum Gasteiger partial charge on any atom is -0.452 e. The summed E-state index contributed by atoms with van der Waals surface area (Å²) < 4.78 is 19.6. The molecule has 19 heavy (non-hydrogen) atoms. The van der Waals surface area contributed by atoms with Gasteiger partial charge >= 0.3 is 0 Å². The molecule has 0 aliphatic rings. The lowest BCUT2D eigenvalue weighted by Crippen LogP contribution is -1.99. The largest absolute Gasteiger partial charge is 0.452 e. The minimum absolute atomic E-state index is 0.264. The predicted octanol–water partition coefficient (Wildman–Crippen LogP) is 4.78. The van der Waals surface area contributed by atoms with E-state index in [0.717, 1.165) is 23.4 Å². The third-order valence-electron chi connectivity index (χ3n) is 2.81. The zero-order valence-corrected chi connectivity index (χ0v) is 12.5. The van der Waals surface area contributed by atoms with Gasteiger partial charge in [0.2, 0.25) is 0 Å². The molecule has 0 radical (unpaired) electrons. The summed E-state index contributed by atoms with van der Waals surface area (Å²) in [4.78, 5) is 4.41. The van der Waals surface area contributed by atoms with Crippen LogP contribution in [0.3, 0.4) is 0 Å². The average molecular weight is 324 g/mol. The standard InChI is InChI=1S/C15H15BrFNO/c1-3-13-14(8-7-10(2)18-13)19-15-11(9-16)5-4-6-12(15)17/h4-8H,3,9H2,1-2H3. The summed E-state index contributed by atoms with van der Waals surface area (Å²) in [6.07, 6.45) is 0.745. The fraction of sp³-hybridized carbons (Fsp3) is 0.267. The highest BCUT2D eigenvalue weighted by Gasteiger charge is 2.12. The van der Waals surface area contributed by atoms with Crippen LogP contribution in [0, 0.1) is 12.7 Å². The van der Waals surface area contributed by atoms with Crippen molar-refractivity contribution in [2.75, 3.05) is 0 Å². The fourth-order valence-electron chi connectivity index (χ4n) is 1.83. The molecule has 0 amide bonds. The number of pyridine rings is 1. The van der Waals surface area contributed by atoms with Crippen LogP contribution in [-0.4, -0.2) is 4.98 Å². The minimum atomic E-state index is -0.362. The van der Waals surface area contributed by atoms with Crippen LogP contribution in [0.4, 0.5) is 4.39 Å². The van der Waals surface area contributed by atoms with Crippen LogP contribution in [0.15, 0.2) is 30.3 Å². The molecule has 1 aromatic heterocycles. The van der Waals surface area contributed by atoms with Crippen LogP contribution in [0.5, 0.6) is 11.5 Å². The number of alkyl halides is 1. The first-order chi connectivity index (χ1) is 9.15. The topological polar surface area (TPSA) is 22.1 Å². The third-order valence-corrected chi connectivity index (χ3v) is 3.42. The molecule has 0 N–H and O–H groups in total. The maximum absolute atomic E-state index is 13.9. The molecular formula is C15H15BrFNO. The lowest BCUT2D eigenvalue weighted by atomic mass is 10.2. The van der Waals surface area contributed by atoms with Crippen molar-refractivity contribution in [3.8, 4) is 11.5 Å². The van der Waals surface area contributed by atoms with Gasteiger partial charge in [-0.25, -0.2) is 4.39 Å². The highest BCUT2D eigenvalue weighted by atomic mass is 79.9. The van der Waals surface area contributed by atoms with Crippen LogP contribution < -0.4 is 4.74 Å². The number of halogens is 2. The predicted molar refractivity (Wildman–Crippen MR) is 77.5 cm³/mol. The van der Waals surface area contributed by atoms with Gasteiger partial charge in [0.25, 0.3) is 0 Å². The fourth-order valence-corrected chi connectivity index (χ4v) is 2.27. The van der Waals surface area contributed by atoms with E-state index in [1.165, 1.54) is 6.07 Å². The Hall–Kier alpha value is -1.42. The maximum atomic E-state index is 13.9. The molecule has 0 spiro atoms. The molecule has 0 unspecified atom stereocenters. The Balaban J connectivity index is 2.41. The van der Waals surface area contributed by atoms with E-state index in [0.29, 0.717) is 11.1 Å². The zero-order chi connectivity index (χ0) is 13.8. The molecule has 0 atom stereocenters. The van der Waals surface area contributed by atoms with Gasteiger partial charge in [-0.05, 0) is 31.5 Å². The summed E-state index contributed by atoms with van der Waals surface area (Å²) in [5, 5.41) is 0.543. The van der Waals surface area contributed by atoms with Crippen molar-refractivity contribution in [3.63, 3.8) is 0 Å². The first-order valence-corrected chi connectivity index (χ1v) is 7.25. The molecule has 100 valence electrons. The van der Waals surface area contributed by atoms with Crippen molar-refractivity contribution in [1.29, 1.82) is 0 Å². The Bertz CT molecular complexity index is 586. The molecule has 4 heteroatoms. The number of aromatic nitrogens is 1. The summed E-state index contributed by atoms with van der Waals surface area (Å²) in [7, 11) is 0. The second kappa shape index (κ2) is 6.15. The highest BCUT2D eigenvalue weighted by molar-refractivity contribution is 9.08. The molecule has 0 saturated heterocycles. The maximum Gasteiger partial charge on any atom is 0.167 e. The van der Waals surface area contributed by atoms with E-state index in [9.17, 15) is 4.39 Å². The number of para-hydroxylation sites is 1. The van der Waals surface area contributed by atoms with Gasteiger partial charge in [0.05, 0.1) is 5.69 Å². The van der Waals surface area contributed by atoms with Crippen LogP contribution in [0.2, 0.25) is 0 Å². The van der Waals surface area contributed by atoms with Crippen LogP contribution >= 0.6 is 15.9 Å². The lowest BCUT2D eigenvalue weighted by molar-refractivity contribution is 0.431. The Morgan fingerprint density at radius 1 is 1.26 bits per heavy atom. The normalized spacial score (nSPS) is 10.5. The molecule has 0 bridgehead atoms. The Kier molecular flexibility index (Phi) is 4.53. The molecule has 1 aromatic carbocycles. The molecule has 0 saturated carbocycles. The molecule has 2 aromatic rings. The smallest absolute Gasteiger partial charge is 0.167 e. The Morgan fingerprint density at radius 2 is 2.05 bits per heavy atom. The number of rotatable bonds is 4. The van der Waals surface area contributed by atoms with Gasteiger partial charge in [0.1, 0.15) is 5.75 Å². The van der Waals surface area contributed by atoms with Crippen LogP contribution in [0.25, 0.3) is 0 Å². The molecule has 0 fully saturated rings. The van der Waals surface area contributed by atoms with Crippen molar-refractivity contribution in [2.24, 2.45) is 0 Å². The lowest BCUT2D eigenvalue weighted by Gasteiger charge is -2.13. The number of aryl methyl sites for hydroxylation is 2.